The summed E-state index contributed by atoms with van der Waals surface area (Å²) >= 11 is 0. The Labute approximate surface area is 146 Å². The number of hydrogen-bond donors (Lipinski definition) is 2. The highest BCUT2D eigenvalue weighted by Gasteiger charge is 2.25. The lowest BCUT2D eigenvalue weighted by Crippen LogP contribution is -2.47. The third-order valence-corrected chi connectivity index (χ3v) is 5.46. The van der Waals surface area contributed by atoms with E-state index < -0.39 is 10.0 Å². The summed E-state index contributed by atoms with van der Waals surface area (Å²) in [5.41, 5.74) is 1.42. The van der Waals surface area contributed by atoms with E-state index in [-0.39, 0.29) is 12.1 Å². The van der Waals surface area contributed by atoms with E-state index in [9.17, 15) is 13.2 Å². The number of benzene rings is 1. The first-order valence-corrected chi connectivity index (χ1v) is 9.90. The van der Waals surface area contributed by atoms with Gasteiger partial charge in [0.2, 0.25) is 10.0 Å². The summed E-state index contributed by atoms with van der Waals surface area (Å²) in [6, 6.07) is 8.85. The maximum Gasteiger partial charge on any atom is 0.319 e. The maximum absolute atomic E-state index is 12.3. The smallest absolute Gasteiger partial charge is 0.319 e. The molecule has 2 amide bonds. The number of piperidine rings is 1. The van der Waals surface area contributed by atoms with Crippen molar-refractivity contribution in [3.8, 4) is 5.69 Å². The highest BCUT2D eigenvalue weighted by Crippen LogP contribution is 2.19. The van der Waals surface area contributed by atoms with Crippen LogP contribution in [0.5, 0.6) is 0 Å². The van der Waals surface area contributed by atoms with Crippen LogP contribution in [0.4, 0.5) is 10.5 Å². The van der Waals surface area contributed by atoms with Crippen molar-refractivity contribution in [3.63, 3.8) is 0 Å². The van der Waals surface area contributed by atoms with Crippen molar-refractivity contribution in [1.82, 2.24) is 19.4 Å². The molecule has 2 N–H and O–H groups in total. The molecule has 9 heteroatoms. The van der Waals surface area contributed by atoms with Gasteiger partial charge in [-0.15, -0.1) is 0 Å². The molecule has 0 bridgehead atoms. The summed E-state index contributed by atoms with van der Waals surface area (Å²) in [7, 11) is -3.16. The molecule has 8 nitrogen and oxygen atoms in total. The van der Waals surface area contributed by atoms with E-state index in [0.717, 1.165) is 5.69 Å². The molecular weight excluding hydrogens is 342 g/mol. The van der Waals surface area contributed by atoms with Crippen molar-refractivity contribution in [2.45, 2.75) is 18.9 Å². The molecule has 0 saturated carbocycles. The minimum absolute atomic E-state index is 0.0464. The minimum atomic E-state index is -3.16. The molecule has 0 unspecified atom stereocenters. The fourth-order valence-electron chi connectivity index (χ4n) is 2.87. The fourth-order valence-corrected chi connectivity index (χ4v) is 3.74. The molecule has 0 atom stereocenters. The zero-order valence-electron chi connectivity index (χ0n) is 13.9. The number of para-hydroxylation sites is 2. The second kappa shape index (κ2) is 7.24. The predicted octanol–water partition coefficient (Wildman–Crippen LogP) is 1.42. The quantitative estimate of drug-likeness (QED) is 0.859. The molecule has 1 aromatic carbocycles. The predicted molar refractivity (Wildman–Crippen MR) is 95.2 cm³/mol. The van der Waals surface area contributed by atoms with Gasteiger partial charge in [0.1, 0.15) is 0 Å². The van der Waals surface area contributed by atoms with Crippen LogP contribution in [0, 0.1) is 0 Å². The van der Waals surface area contributed by atoms with Gasteiger partial charge in [-0.1, -0.05) is 12.1 Å². The second-order valence-electron chi connectivity index (χ2n) is 6.00. The highest BCUT2D eigenvalue weighted by molar-refractivity contribution is 7.88. The summed E-state index contributed by atoms with van der Waals surface area (Å²) in [4.78, 5) is 12.3. The van der Waals surface area contributed by atoms with Gasteiger partial charge in [0.15, 0.2) is 0 Å². The lowest BCUT2D eigenvalue weighted by molar-refractivity contribution is 0.238. The number of carbonyl (C=O) groups excluding carboxylic acids is 1. The van der Waals surface area contributed by atoms with Crippen molar-refractivity contribution in [1.29, 1.82) is 0 Å². The zero-order valence-corrected chi connectivity index (χ0v) is 14.7. The van der Waals surface area contributed by atoms with E-state index in [1.807, 2.05) is 30.3 Å². The molecule has 1 aromatic heterocycles. The summed E-state index contributed by atoms with van der Waals surface area (Å²) in [5.74, 6) is 0. The normalized spacial score (nSPS) is 16.5. The SMILES string of the molecule is CS(=O)(=O)N1CCC(NC(=O)Nc2ccccc2-n2cccn2)CC1. The molecule has 0 spiro atoms. The summed E-state index contributed by atoms with van der Waals surface area (Å²) in [6.45, 7) is 0.849. The molecule has 2 heterocycles. The largest absolute Gasteiger partial charge is 0.335 e. The average molecular weight is 363 g/mol. The van der Waals surface area contributed by atoms with Crippen molar-refractivity contribution >= 4 is 21.7 Å². The molecule has 0 radical (unpaired) electrons. The Balaban J connectivity index is 1.59. The first kappa shape index (κ1) is 17.4. The van der Waals surface area contributed by atoms with Gasteiger partial charge in [-0.2, -0.15) is 5.10 Å². The molecule has 25 heavy (non-hydrogen) atoms. The lowest BCUT2D eigenvalue weighted by Gasteiger charge is -2.30. The Kier molecular flexibility index (Phi) is 5.05. The van der Waals surface area contributed by atoms with E-state index in [2.05, 4.69) is 15.7 Å². The summed E-state index contributed by atoms with van der Waals surface area (Å²) < 4.78 is 26.2. The Morgan fingerprint density at radius 3 is 2.56 bits per heavy atom. The number of carbonyl (C=O) groups is 1. The van der Waals surface area contributed by atoms with Crippen molar-refractivity contribution in [3.05, 3.63) is 42.7 Å². The summed E-state index contributed by atoms with van der Waals surface area (Å²) in [5, 5.41) is 9.94. The van der Waals surface area contributed by atoms with Gasteiger partial charge in [0.05, 0.1) is 17.6 Å². The van der Waals surface area contributed by atoms with Gasteiger partial charge in [-0.05, 0) is 31.0 Å². The Bertz CT molecular complexity index is 827. The minimum Gasteiger partial charge on any atom is -0.335 e. The molecule has 134 valence electrons. The Morgan fingerprint density at radius 2 is 1.92 bits per heavy atom. The van der Waals surface area contributed by atoms with Crippen LogP contribution >= 0.6 is 0 Å². The number of sulfonamides is 1. The number of amides is 2. The van der Waals surface area contributed by atoms with Crippen LogP contribution in [0.1, 0.15) is 12.8 Å². The standard InChI is InChI=1S/C16H21N5O3S/c1-25(23,24)20-11-7-13(8-12-20)18-16(22)19-14-5-2-3-6-15(14)21-10-4-9-17-21/h2-6,9-10,13H,7-8,11-12H2,1H3,(H2,18,19,22). The number of nitrogens with one attached hydrogen (secondary N) is 2. The average Bonchev–Trinajstić information content (AvgIpc) is 3.09. The molecule has 1 fully saturated rings. The van der Waals surface area contributed by atoms with E-state index in [1.165, 1.54) is 10.6 Å². The Morgan fingerprint density at radius 1 is 1.20 bits per heavy atom. The molecule has 2 aromatic rings. The number of aromatic nitrogens is 2. The number of rotatable bonds is 4. The van der Waals surface area contributed by atoms with Crippen LogP contribution in [0.3, 0.4) is 0 Å². The van der Waals surface area contributed by atoms with Crippen molar-refractivity contribution in [2.75, 3.05) is 24.7 Å². The Hall–Kier alpha value is -2.39. The third kappa shape index (κ3) is 4.37. The molecule has 3 rings (SSSR count). The molecule has 1 aliphatic heterocycles. The van der Waals surface area contributed by atoms with Gasteiger partial charge < -0.3 is 10.6 Å². The number of hydrogen-bond acceptors (Lipinski definition) is 4. The molecule has 0 aliphatic carbocycles. The van der Waals surface area contributed by atoms with Crippen LogP contribution < -0.4 is 10.6 Å². The topological polar surface area (TPSA) is 96.3 Å². The van der Waals surface area contributed by atoms with Crippen LogP contribution in [0.15, 0.2) is 42.7 Å². The van der Waals surface area contributed by atoms with Gasteiger partial charge in [0.25, 0.3) is 0 Å². The van der Waals surface area contributed by atoms with Crippen molar-refractivity contribution < 1.29 is 13.2 Å². The van der Waals surface area contributed by atoms with Gasteiger partial charge in [-0.25, -0.2) is 22.2 Å². The van der Waals surface area contributed by atoms with Crippen LogP contribution in [0.2, 0.25) is 0 Å². The molecular formula is C16H21N5O3S. The van der Waals surface area contributed by atoms with Crippen LogP contribution in [-0.2, 0) is 10.0 Å². The number of urea groups is 1. The summed E-state index contributed by atoms with van der Waals surface area (Å²) in [6.07, 6.45) is 5.88. The van der Waals surface area contributed by atoms with Crippen LogP contribution in [0.25, 0.3) is 5.69 Å². The third-order valence-electron chi connectivity index (χ3n) is 4.16. The fraction of sp³-hybridized carbons (Fsp3) is 0.375. The van der Waals surface area contributed by atoms with E-state index >= 15 is 0 Å². The maximum atomic E-state index is 12.3. The zero-order chi connectivity index (χ0) is 17.9. The van der Waals surface area contributed by atoms with Gasteiger partial charge in [0, 0.05) is 31.5 Å². The van der Waals surface area contributed by atoms with Gasteiger partial charge >= 0.3 is 6.03 Å². The first-order valence-electron chi connectivity index (χ1n) is 8.05. The van der Waals surface area contributed by atoms with E-state index in [4.69, 9.17) is 0 Å². The molecule has 1 saturated heterocycles. The number of anilines is 1. The second-order valence-corrected chi connectivity index (χ2v) is 7.98. The van der Waals surface area contributed by atoms with Gasteiger partial charge in [-0.3, -0.25) is 0 Å². The number of nitrogens with zero attached hydrogens (tertiary/aromatic N) is 3. The first-order chi connectivity index (χ1) is 11.9. The lowest BCUT2D eigenvalue weighted by atomic mass is 10.1. The van der Waals surface area contributed by atoms with E-state index in [1.54, 1.807) is 17.1 Å². The highest BCUT2D eigenvalue weighted by atomic mass is 32.2. The van der Waals surface area contributed by atoms with E-state index in [0.29, 0.717) is 31.6 Å². The van der Waals surface area contributed by atoms with Crippen molar-refractivity contribution in [2.24, 2.45) is 0 Å². The molecule has 1 aliphatic rings. The van der Waals surface area contributed by atoms with Crippen LogP contribution in [-0.4, -0.2) is 53.9 Å². The monoisotopic (exact) mass is 363 g/mol.